The van der Waals surface area contributed by atoms with Crippen LogP contribution in [0.1, 0.15) is 5.76 Å². The molecule has 1 aromatic heterocycles. The molecule has 4 rings (SSSR count). The van der Waals surface area contributed by atoms with E-state index in [-0.39, 0.29) is 23.3 Å². The quantitative estimate of drug-likeness (QED) is 0.731. The van der Waals surface area contributed by atoms with Crippen LogP contribution in [0.5, 0.6) is 0 Å². The zero-order valence-corrected chi connectivity index (χ0v) is 17.4. The maximum absolute atomic E-state index is 13.0. The van der Waals surface area contributed by atoms with Gasteiger partial charge in [-0.15, -0.1) is 0 Å². The van der Waals surface area contributed by atoms with Crippen LogP contribution in [0.25, 0.3) is 0 Å². The molecule has 2 aliphatic rings. The number of rotatable bonds is 4. The third-order valence-electron chi connectivity index (χ3n) is 4.66. The zero-order valence-electron chi connectivity index (χ0n) is 16.5. The first-order valence-electron chi connectivity index (χ1n) is 9.16. The van der Waals surface area contributed by atoms with E-state index < -0.39 is 23.7 Å². The van der Waals surface area contributed by atoms with Gasteiger partial charge in [0.05, 0.1) is 26.1 Å². The highest BCUT2D eigenvalue weighted by Crippen LogP contribution is 2.26. The van der Waals surface area contributed by atoms with E-state index in [2.05, 4.69) is 15.3 Å². The van der Waals surface area contributed by atoms with Gasteiger partial charge in [-0.2, -0.15) is 9.48 Å². The number of nitrogens with zero attached hydrogens (tertiary/aromatic N) is 4. The molecule has 0 saturated heterocycles. The number of thioether (sulfide) groups is 1. The number of urea groups is 1. The average Bonchev–Trinajstić information content (AvgIpc) is 3.31. The van der Waals surface area contributed by atoms with Gasteiger partial charge in [0, 0.05) is 5.69 Å². The lowest BCUT2D eigenvalue weighted by Crippen LogP contribution is -2.54. The molecule has 1 aromatic carbocycles. The number of carbonyl (C=O) groups is 3. The van der Waals surface area contributed by atoms with E-state index in [0.717, 1.165) is 16.7 Å². The van der Waals surface area contributed by atoms with Crippen LogP contribution in [-0.4, -0.2) is 63.9 Å². The van der Waals surface area contributed by atoms with Gasteiger partial charge in [-0.1, -0.05) is 16.8 Å². The predicted octanol–water partition coefficient (Wildman–Crippen LogP) is 2.20. The molecule has 0 fully saturated rings. The van der Waals surface area contributed by atoms with Gasteiger partial charge in [-0.25, -0.2) is 14.2 Å². The van der Waals surface area contributed by atoms with Crippen molar-refractivity contribution >= 4 is 52.0 Å². The van der Waals surface area contributed by atoms with Crippen LogP contribution in [0.4, 0.5) is 14.9 Å². The Labute approximate surface area is 180 Å². The summed E-state index contributed by atoms with van der Waals surface area (Å²) >= 11 is 1.06. The Hall–Kier alpha value is -3.60. The summed E-state index contributed by atoms with van der Waals surface area (Å²) in [5.74, 6) is -1.42. The number of nitrogens with one attached hydrogen (secondary N) is 1. The summed E-state index contributed by atoms with van der Waals surface area (Å²) < 4.78 is 19.7. The highest BCUT2D eigenvalue weighted by molar-refractivity contribution is 8.14. The van der Waals surface area contributed by atoms with Crippen molar-refractivity contribution in [2.75, 3.05) is 25.2 Å². The van der Waals surface area contributed by atoms with Crippen molar-refractivity contribution in [1.82, 2.24) is 4.90 Å². The van der Waals surface area contributed by atoms with Crippen molar-refractivity contribution in [3.05, 3.63) is 54.2 Å². The fourth-order valence-electron chi connectivity index (χ4n) is 3.07. The van der Waals surface area contributed by atoms with Crippen molar-refractivity contribution in [3.63, 3.8) is 0 Å². The first-order valence-corrected chi connectivity index (χ1v) is 10.1. The Morgan fingerprint density at radius 1 is 1.26 bits per heavy atom. The van der Waals surface area contributed by atoms with Crippen LogP contribution < -0.4 is 5.32 Å². The molecule has 2 aliphatic heterocycles. The number of hydrogen-bond donors (Lipinski definition) is 1. The molecule has 0 saturated carbocycles. The fraction of sp³-hybridized carbons (Fsp3) is 0.200. The zero-order chi connectivity index (χ0) is 22.1. The normalized spacial score (nSPS) is 18.5. The number of carbonyl (C=O) groups excluding carboxylic acids is 3. The summed E-state index contributed by atoms with van der Waals surface area (Å²) in [6.45, 7) is 0. The van der Waals surface area contributed by atoms with Gasteiger partial charge in [0.15, 0.2) is 11.7 Å². The minimum atomic E-state index is -0.907. The van der Waals surface area contributed by atoms with E-state index in [1.54, 1.807) is 12.1 Å². The Bertz CT molecular complexity index is 1150. The van der Waals surface area contributed by atoms with E-state index in [9.17, 15) is 18.8 Å². The average molecular weight is 442 g/mol. The van der Waals surface area contributed by atoms with E-state index in [4.69, 9.17) is 4.42 Å². The third kappa shape index (κ3) is 4.04. The maximum atomic E-state index is 13.0. The van der Waals surface area contributed by atoms with Gasteiger partial charge >= 0.3 is 11.9 Å². The Morgan fingerprint density at radius 2 is 2.00 bits per heavy atom. The monoisotopic (exact) mass is 442 g/mol. The first kappa shape index (κ1) is 20.7. The SMILES string of the molecule is CN1C(=O)C2C(SCC(=O)Nc3ccc(F)cc3)=NC(c3ccco3)=NC2=[N+](C)C1=O. The first-order chi connectivity index (χ1) is 14.8. The molecule has 9 nitrogen and oxygen atoms in total. The lowest BCUT2D eigenvalue weighted by atomic mass is 10.0. The van der Waals surface area contributed by atoms with Crippen molar-refractivity contribution in [1.29, 1.82) is 0 Å². The molecule has 0 spiro atoms. The molecule has 2 aromatic rings. The molecule has 0 aliphatic carbocycles. The molecule has 1 N–H and O–H groups in total. The molecular formula is C20H17FN5O4S+. The number of anilines is 1. The highest BCUT2D eigenvalue weighted by Gasteiger charge is 2.49. The Balaban J connectivity index is 1.60. The topological polar surface area (TPSA) is 107 Å². The lowest BCUT2D eigenvalue weighted by Gasteiger charge is -2.26. The van der Waals surface area contributed by atoms with Crippen molar-refractivity contribution in [2.45, 2.75) is 0 Å². The van der Waals surface area contributed by atoms with E-state index >= 15 is 0 Å². The van der Waals surface area contributed by atoms with Crippen molar-refractivity contribution in [2.24, 2.45) is 15.9 Å². The number of furan rings is 1. The van der Waals surface area contributed by atoms with Crippen LogP contribution in [0.15, 0.2) is 57.1 Å². The fourth-order valence-corrected chi connectivity index (χ4v) is 3.95. The smallest absolute Gasteiger partial charge is 0.445 e. The standard InChI is InChI=1S/C20H16FN5O4S/c1-25-17-15(19(28)26(2)20(25)29)18(24-16(23-17)13-4-3-9-30-13)31-10-14(27)22-12-7-5-11(21)6-8-12/h3-9,15H,10H2,1-2H3/p+1. The second-order valence-corrected chi connectivity index (χ2v) is 7.73. The van der Waals surface area contributed by atoms with Gasteiger partial charge in [0.1, 0.15) is 10.9 Å². The number of imide groups is 1. The third-order valence-corrected chi connectivity index (χ3v) is 5.69. The van der Waals surface area contributed by atoms with E-state index in [0.29, 0.717) is 16.5 Å². The Morgan fingerprint density at radius 3 is 2.68 bits per heavy atom. The second kappa shape index (κ2) is 8.26. The highest BCUT2D eigenvalue weighted by atomic mass is 32.2. The van der Waals surface area contributed by atoms with Crippen LogP contribution in [-0.2, 0) is 9.59 Å². The van der Waals surface area contributed by atoms with Gasteiger partial charge < -0.3 is 9.73 Å². The molecule has 158 valence electrons. The van der Waals surface area contributed by atoms with E-state index in [1.165, 1.54) is 49.2 Å². The summed E-state index contributed by atoms with van der Waals surface area (Å²) in [6.07, 6.45) is 1.46. The van der Waals surface area contributed by atoms with Crippen LogP contribution in [0.2, 0.25) is 0 Å². The van der Waals surface area contributed by atoms with Crippen LogP contribution in [0.3, 0.4) is 0 Å². The summed E-state index contributed by atoms with van der Waals surface area (Å²) in [4.78, 5) is 47.4. The maximum Gasteiger partial charge on any atom is 0.445 e. The number of amides is 4. The number of fused-ring (bicyclic) bond motifs is 1. The molecule has 1 unspecified atom stereocenters. The van der Waals surface area contributed by atoms with Gasteiger partial charge in [0.2, 0.25) is 5.91 Å². The minimum absolute atomic E-state index is 0.0555. The molecule has 4 amide bonds. The van der Waals surface area contributed by atoms with Gasteiger partial charge in [-0.3, -0.25) is 9.59 Å². The number of benzene rings is 1. The van der Waals surface area contributed by atoms with Crippen molar-refractivity contribution in [3.8, 4) is 0 Å². The second-order valence-electron chi connectivity index (χ2n) is 6.74. The lowest BCUT2D eigenvalue weighted by molar-refractivity contribution is -0.407. The van der Waals surface area contributed by atoms with Crippen LogP contribution >= 0.6 is 11.8 Å². The molecular weight excluding hydrogens is 425 g/mol. The summed E-state index contributed by atoms with van der Waals surface area (Å²) in [7, 11) is 2.90. The van der Waals surface area contributed by atoms with Crippen molar-refractivity contribution < 1.29 is 27.8 Å². The molecule has 11 heteroatoms. The summed E-state index contributed by atoms with van der Waals surface area (Å²) in [5, 5.41) is 2.98. The Kier molecular flexibility index (Phi) is 5.51. The number of hydrogen-bond acceptors (Lipinski definition) is 7. The number of amidine groups is 2. The molecule has 0 bridgehead atoms. The minimum Gasteiger partial charge on any atom is -0.459 e. The molecule has 1 atom stereocenters. The molecule has 0 radical (unpaired) electrons. The molecule has 3 heterocycles. The number of aliphatic imine (C=N–C) groups is 2. The summed E-state index contributed by atoms with van der Waals surface area (Å²) in [5.41, 5.74) is 0.446. The molecule has 31 heavy (non-hydrogen) atoms. The number of halogens is 1. The van der Waals surface area contributed by atoms with E-state index in [1.807, 2.05) is 0 Å². The largest absolute Gasteiger partial charge is 0.459 e. The summed E-state index contributed by atoms with van der Waals surface area (Å²) in [6, 6.07) is 8.19. The van der Waals surface area contributed by atoms with Gasteiger partial charge in [-0.05, 0) is 36.4 Å². The predicted molar refractivity (Wildman–Crippen MR) is 113 cm³/mol. The van der Waals surface area contributed by atoms with Crippen LogP contribution in [0, 0.1) is 11.7 Å². The van der Waals surface area contributed by atoms with Gasteiger partial charge in [0.25, 0.3) is 11.7 Å².